The topological polar surface area (TPSA) is 75.2 Å². The normalized spacial score (nSPS) is 11.5. The lowest BCUT2D eigenvalue weighted by molar-refractivity contribution is -0.117. The Morgan fingerprint density at radius 2 is 1.71 bits per heavy atom. The number of aryl methyl sites for hydroxylation is 1. The number of hydrogen-bond donors (Lipinski definition) is 1. The van der Waals surface area contributed by atoms with E-state index in [1.54, 1.807) is 24.3 Å². The average Bonchev–Trinajstić information content (AvgIpc) is 2.84. The van der Waals surface area contributed by atoms with Crippen LogP contribution >= 0.6 is 0 Å². The van der Waals surface area contributed by atoms with Gasteiger partial charge in [-0.15, -0.1) is 0 Å². The molecule has 0 aliphatic carbocycles. The first kappa shape index (κ1) is 22.7. The van der Waals surface area contributed by atoms with Gasteiger partial charge in [0, 0.05) is 29.3 Å². The Labute approximate surface area is 194 Å². The predicted octanol–water partition coefficient (Wildman–Crippen LogP) is 5.09. The number of carbonyl (C=O) groups excluding carboxylic acids is 2. The minimum absolute atomic E-state index is 0.0131. The first-order chi connectivity index (χ1) is 16.4. The van der Waals surface area contributed by atoms with Crippen LogP contribution in [0.15, 0.2) is 91.4 Å². The van der Waals surface area contributed by atoms with Crippen molar-refractivity contribution in [2.45, 2.75) is 13.0 Å². The van der Waals surface area contributed by atoms with Crippen LogP contribution in [-0.4, -0.2) is 21.8 Å². The molecule has 1 N–H and O–H groups in total. The minimum atomic E-state index is -1.40. The maximum Gasteiger partial charge on any atom is 0.279 e. The van der Waals surface area contributed by atoms with Gasteiger partial charge in [-0.2, -0.15) is 0 Å². The highest BCUT2D eigenvalue weighted by Crippen LogP contribution is 2.32. The van der Waals surface area contributed by atoms with Gasteiger partial charge in [0.05, 0.1) is 6.20 Å². The van der Waals surface area contributed by atoms with Crippen molar-refractivity contribution in [3.63, 3.8) is 0 Å². The molecule has 34 heavy (non-hydrogen) atoms. The van der Waals surface area contributed by atoms with Crippen LogP contribution in [0, 0.1) is 18.6 Å². The van der Waals surface area contributed by atoms with Crippen LogP contribution < -0.4 is 10.2 Å². The molecule has 8 heteroatoms. The van der Waals surface area contributed by atoms with Crippen molar-refractivity contribution in [3.8, 4) is 0 Å². The molecule has 1 heterocycles. The maximum absolute atomic E-state index is 15.0. The Morgan fingerprint density at radius 3 is 2.38 bits per heavy atom. The number of benzene rings is 3. The van der Waals surface area contributed by atoms with Crippen molar-refractivity contribution in [3.05, 3.63) is 120 Å². The molecule has 3 aromatic carbocycles. The molecular weight excluding hydrogens is 438 g/mol. The fourth-order valence-corrected chi connectivity index (χ4v) is 3.53. The fraction of sp³-hybridized carbons (Fsp3) is 0.0769. The van der Waals surface area contributed by atoms with Crippen LogP contribution in [0.25, 0.3) is 0 Å². The molecule has 1 aromatic heterocycles. The first-order valence-corrected chi connectivity index (χ1v) is 10.4. The molecule has 1 atom stereocenters. The maximum atomic E-state index is 15.0. The standard InChI is InChI=1S/C26H20F2N4O2/c1-17-5-4-6-20(15-17)32(26(34)23-16-29-13-14-30-23)24(21-7-2-3-8-22(21)28)25(33)31-19-11-9-18(27)10-12-19/h2-16,24H,1H3,(H,31,33)/t24-/m1/s1. The molecule has 0 saturated carbocycles. The van der Waals surface area contributed by atoms with E-state index in [0.29, 0.717) is 11.4 Å². The van der Waals surface area contributed by atoms with Crippen LogP contribution in [0.3, 0.4) is 0 Å². The van der Waals surface area contributed by atoms with Crippen LogP contribution in [0.4, 0.5) is 20.2 Å². The van der Waals surface area contributed by atoms with Crippen molar-refractivity contribution >= 4 is 23.2 Å². The third-order valence-corrected chi connectivity index (χ3v) is 5.10. The summed E-state index contributed by atoms with van der Waals surface area (Å²) in [6.45, 7) is 1.84. The van der Waals surface area contributed by atoms with Gasteiger partial charge in [0.25, 0.3) is 11.8 Å². The Bertz CT molecular complexity index is 1310. The summed E-state index contributed by atoms with van der Waals surface area (Å²) in [5.74, 6) is -2.45. The van der Waals surface area contributed by atoms with Crippen molar-refractivity contribution < 1.29 is 18.4 Å². The molecular formula is C26H20F2N4O2. The van der Waals surface area contributed by atoms with Gasteiger partial charge in [-0.1, -0.05) is 30.3 Å². The van der Waals surface area contributed by atoms with Crippen molar-refractivity contribution in [2.75, 3.05) is 10.2 Å². The molecule has 4 rings (SSSR count). The number of rotatable bonds is 6. The van der Waals surface area contributed by atoms with E-state index in [2.05, 4.69) is 15.3 Å². The van der Waals surface area contributed by atoms with Gasteiger partial charge in [0.2, 0.25) is 0 Å². The summed E-state index contributed by atoms with van der Waals surface area (Å²) in [6, 6.07) is 16.4. The summed E-state index contributed by atoms with van der Waals surface area (Å²) in [4.78, 5) is 36.5. The summed E-state index contributed by atoms with van der Waals surface area (Å²) >= 11 is 0. The number of nitrogens with zero attached hydrogens (tertiary/aromatic N) is 3. The highest BCUT2D eigenvalue weighted by molar-refractivity contribution is 6.11. The smallest absolute Gasteiger partial charge is 0.279 e. The third kappa shape index (κ3) is 4.96. The SMILES string of the molecule is Cc1cccc(N(C(=O)c2cnccn2)[C@@H](C(=O)Nc2ccc(F)cc2)c2ccccc2F)c1. The van der Waals surface area contributed by atoms with Gasteiger partial charge in [0.1, 0.15) is 23.4 Å². The van der Waals surface area contributed by atoms with E-state index in [-0.39, 0.29) is 11.3 Å². The molecule has 4 aromatic rings. The highest BCUT2D eigenvalue weighted by atomic mass is 19.1. The number of anilines is 2. The number of amides is 2. The summed E-state index contributed by atoms with van der Waals surface area (Å²) in [6.07, 6.45) is 4.06. The van der Waals surface area contributed by atoms with E-state index in [1.807, 2.05) is 13.0 Å². The Morgan fingerprint density at radius 1 is 0.941 bits per heavy atom. The van der Waals surface area contributed by atoms with Gasteiger partial charge in [-0.05, 0) is 55.0 Å². The minimum Gasteiger partial charge on any atom is -0.324 e. The predicted molar refractivity (Wildman–Crippen MR) is 124 cm³/mol. The van der Waals surface area contributed by atoms with Crippen LogP contribution in [0.1, 0.15) is 27.7 Å². The summed E-state index contributed by atoms with van der Waals surface area (Å²) < 4.78 is 28.4. The quantitative estimate of drug-likeness (QED) is 0.437. The summed E-state index contributed by atoms with van der Waals surface area (Å²) in [7, 11) is 0. The zero-order valence-electron chi connectivity index (χ0n) is 18.2. The van der Waals surface area contributed by atoms with Gasteiger partial charge < -0.3 is 5.32 Å². The zero-order chi connectivity index (χ0) is 24.1. The monoisotopic (exact) mass is 458 g/mol. The Kier molecular flexibility index (Phi) is 6.68. The van der Waals surface area contributed by atoms with E-state index in [1.165, 1.54) is 66.0 Å². The molecule has 0 radical (unpaired) electrons. The lowest BCUT2D eigenvalue weighted by atomic mass is 10.0. The number of carbonyl (C=O) groups is 2. The third-order valence-electron chi connectivity index (χ3n) is 5.10. The fourth-order valence-electron chi connectivity index (χ4n) is 3.53. The molecule has 170 valence electrons. The molecule has 0 aliphatic heterocycles. The Balaban J connectivity index is 1.87. The van der Waals surface area contributed by atoms with Crippen molar-refractivity contribution in [1.29, 1.82) is 0 Å². The molecule has 0 bridgehead atoms. The van der Waals surface area contributed by atoms with E-state index in [4.69, 9.17) is 0 Å². The second-order valence-electron chi connectivity index (χ2n) is 7.53. The zero-order valence-corrected chi connectivity index (χ0v) is 18.2. The Hall–Kier alpha value is -4.46. The first-order valence-electron chi connectivity index (χ1n) is 10.4. The molecule has 6 nitrogen and oxygen atoms in total. The number of halogens is 2. The van der Waals surface area contributed by atoms with Crippen LogP contribution in [0.5, 0.6) is 0 Å². The van der Waals surface area contributed by atoms with Crippen molar-refractivity contribution in [1.82, 2.24) is 9.97 Å². The largest absolute Gasteiger partial charge is 0.324 e. The van der Waals surface area contributed by atoms with Gasteiger partial charge in [-0.25, -0.2) is 13.8 Å². The number of aromatic nitrogens is 2. The lowest BCUT2D eigenvalue weighted by Gasteiger charge is -2.31. The molecule has 0 aliphatic rings. The molecule has 2 amide bonds. The van der Waals surface area contributed by atoms with Gasteiger partial charge in [0.15, 0.2) is 0 Å². The second kappa shape index (κ2) is 9.99. The lowest BCUT2D eigenvalue weighted by Crippen LogP contribution is -2.42. The molecule has 0 saturated heterocycles. The highest BCUT2D eigenvalue weighted by Gasteiger charge is 2.36. The summed E-state index contributed by atoms with van der Waals surface area (Å²) in [5, 5.41) is 2.66. The molecule has 0 unspecified atom stereocenters. The van der Waals surface area contributed by atoms with E-state index in [0.717, 1.165) is 5.56 Å². The van der Waals surface area contributed by atoms with Crippen LogP contribution in [-0.2, 0) is 4.79 Å². The number of nitrogens with one attached hydrogen (secondary N) is 1. The van der Waals surface area contributed by atoms with E-state index >= 15 is 4.39 Å². The molecule has 0 spiro atoms. The second-order valence-corrected chi connectivity index (χ2v) is 7.53. The summed E-state index contributed by atoms with van der Waals surface area (Å²) in [5.41, 5.74) is 1.48. The number of hydrogen-bond acceptors (Lipinski definition) is 4. The van der Waals surface area contributed by atoms with E-state index in [9.17, 15) is 14.0 Å². The van der Waals surface area contributed by atoms with Crippen molar-refractivity contribution in [2.24, 2.45) is 0 Å². The van der Waals surface area contributed by atoms with E-state index < -0.39 is 29.5 Å². The molecule has 0 fully saturated rings. The van der Waals surface area contributed by atoms with Gasteiger partial charge >= 0.3 is 0 Å². The van der Waals surface area contributed by atoms with Crippen LogP contribution in [0.2, 0.25) is 0 Å². The average molecular weight is 458 g/mol. The van der Waals surface area contributed by atoms with Gasteiger partial charge in [-0.3, -0.25) is 19.5 Å².